The minimum atomic E-state index is -0.150. The van der Waals surface area contributed by atoms with Crippen molar-refractivity contribution in [2.45, 2.75) is 32.7 Å². The van der Waals surface area contributed by atoms with E-state index in [1.807, 2.05) is 51.2 Å². The molecule has 0 unspecified atom stereocenters. The topological polar surface area (TPSA) is 59.4 Å². The average molecular weight is 330 g/mol. The number of ether oxygens (including phenoxy) is 1. The van der Waals surface area contributed by atoms with E-state index in [9.17, 15) is 4.79 Å². The molecule has 0 saturated heterocycles. The van der Waals surface area contributed by atoms with Crippen LogP contribution in [0.25, 0.3) is 0 Å². The number of likely N-dealkylation sites (N-methyl/N-ethyl adjacent to an activating group) is 1. The van der Waals surface area contributed by atoms with Crippen LogP contribution in [0.1, 0.15) is 25.1 Å². The van der Waals surface area contributed by atoms with Gasteiger partial charge < -0.3 is 9.64 Å². The number of rotatable bonds is 6. The Morgan fingerprint density at radius 1 is 1.42 bits per heavy atom. The Morgan fingerprint density at radius 3 is 2.75 bits per heavy atom. The number of amides is 2. The zero-order valence-electron chi connectivity index (χ0n) is 15.0. The molecule has 0 bridgehead atoms. The molecule has 1 aromatic heterocycles. The van der Waals surface area contributed by atoms with Crippen LogP contribution in [-0.2, 0) is 19.9 Å². The fraction of sp³-hybridized carbons (Fsp3) is 0.444. The fourth-order valence-corrected chi connectivity index (χ4v) is 2.54. The highest BCUT2D eigenvalue weighted by atomic mass is 16.5. The minimum absolute atomic E-state index is 0.0279. The van der Waals surface area contributed by atoms with E-state index in [4.69, 9.17) is 4.74 Å². The molecule has 0 radical (unpaired) electrons. The number of benzene rings is 1. The maximum absolute atomic E-state index is 12.5. The lowest BCUT2D eigenvalue weighted by Gasteiger charge is -2.25. The number of carbonyl (C=O) groups excluding carboxylic acids is 1. The second kappa shape index (κ2) is 7.86. The maximum Gasteiger partial charge on any atom is 0.322 e. The molecule has 0 aliphatic heterocycles. The second-order valence-electron chi connectivity index (χ2n) is 5.90. The number of methoxy groups -OCH3 is 1. The van der Waals surface area contributed by atoms with Gasteiger partial charge in [0, 0.05) is 26.2 Å². The number of aryl methyl sites for hydroxylation is 2. The summed E-state index contributed by atoms with van der Waals surface area (Å²) in [7, 11) is 5.28. The van der Waals surface area contributed by atoms with Gasteiger partial charge in [0.2, 0.25) is 0 Å². The van der Waals surface area contributed by atoms with E-state index >= 15 is 0 Å². The average Bonchev–Trinajstić information content (AvgIpc) is 2.94. The molecule has 1 aromatic carbocycles. The second-order valence-corrected chi connectivity index (χ2v) is 5.90. The van der Waals surface area contributed by atoms with Crippen LogP contribution in [-0.4, -0.2) is 40.9 Å². The van der Waals surface area contributed by atoms with Crippen LogP contribution >= 0.6 is 0 Å². The van der Waals surface area contributed by atoms with Gasteiger partial charge in [0.25, 0.3) is 0 Å². The number of aromatic nitrogens is 2. The summed E-state index contributed by atoms with van der Waals surface area (Å²) < 4.78 is 7.07. The summed E-state index contributed by atoms with van der Waals surface area (Å²) >= 11 is 0. The van der Waals surface area contributed by atoms with Gasteiger partial charge in [-0.2, -0.15) is 5.10 Å². The summed E-state index contributed by atoms with van der Waals surface area (Å²) in [6.07, 6.45) is 1.56. The Hall–Kier alpha value is -2.50. The Morgan fingerprint density at radius 2 is 2.12 bits per heavy atom. The molecule has 0 aliphatic rings. The fourth-order valence-electron chi connectivity index (χ4n) is 2.54. The number of carbonyl (C=O) groups is 1. The van der Waals surface area contributed by atoms with Crippen molar-refractivity contribution >= 4 is 11.8 Å². The van der Waals surface area contributed by atoms with Gasteiger partial charge in [0.05, 0.1) is 12.8 Å². The quantitative estimate of drug-likeness (QED) is 0.885. The van der Waals surface area contributed by atoms with Gasteiger partial charge in [-0.3, -0.25) is 10.00 Å². The van der Waals surface area contributed by atoms with Crippen LogP contribution in [0.15, 0.2) is 30.3 Å². The number of hydrogen-bond donors (Lipinski definition) is 1. The first-order chi connectivity index (χ1) is 11.5. The molecule has 1 atom stereocenters. The SMILES string of the molecule is CCc1cc(NC(=O)N(C)[C@H](C)Cc2ccccc2OC)n(C)n1. The molecule has 2 amide bonds. The molecule has 0 aliphatic carbocycles. The lowest BCUT2D eigenvalue weighted by Crippen LogP contribution is -2.39. The largest absolute Gasteiger partial charge is 0.496 e. The van der Waals surface area contributed by atoms with Crippen LogP contribution in [0.2, 0.25) is 0 Å². The summed E-state index contributed by atoms with van der Waals surface area (Å²) in [6.45, 7) is 4.06. The van der Waals surface area contributed by atoms with E-state index in [1.54, 1.807) is 23.7 Å². The molecule has 6 nitrogen and oxygen atoms in total. The van der Waals surface area contributed by atoms with Crippen molar-refractivity contribution < 1.29 is 9.53 Å². The molecule has 130 valence electrons. The molecule has 0 saturated carbocycles. The number of nitrogens with zero attached hydrogens (tertiary/aromatic N) is 3. The number of urea groups is 1. The van der Waals surface area contributed by atoms with Crippen LogP contribution in [0.5, 0.6) is 5.75 Å². The summed E-state index contributed by atoms with van der Waals surface area (Å²) in [5, 5.41) is 7.26. The van der Waals surface area contributed by atoms with Crippen molar-refractivity contribution in [2.24, 2.45) is 7.05 Å². The first-order valence-corrected chi connectivity index (χ1v) is 8.14. The van der Waals surface area contributed by atoms with Crippen molar-refractivity contribution in [1.82, 2.24) is 14.7 Å². The lowest BCUT2D eigenvalue weighted by molar-refractivity contribution is 0.207. The Kier molecular flexibility index (Phi) is 5.84. The highest BCUT2D eigenvalue weighted by molar-refractivity contribution is 5.88. The van der Waals surface area contributed by atoms with Crippen LogP contribution in [0.4, 0.5) is 10.6 Å². The third-order valence-corrected chi connectivity index (χ3v) is 4.22. The zero-order chi connectivity index (χ0) is 17.7. The highest BCUT2D eigenvalue weighted by Crippen LogP contribution is 2.20. The Bertz CT molecular complexity index is 696. The van der Waals surface area contributed by atoms with Gasteiger partial charge in [-0.1, -0.05) is 25.1 Å². The standard InChI is InChI=1S/C18H26N4O2/c1-6-15-12-17(22(4)20-15)19-18(23)21(3)13(2)11-14-9-7-8-10-16(14)24-5/h7-10,12-13H,6,11H2,1-5H3,(H,19,23)/t13-/m1/s1. The monoisotopic (exact) mass is 330 g/mol. The van der Waals surface area contributed by atoms with Gasteiger partial charge in [-0.15, -0.1) is 0 Å². The van der Waals surface area contributed by atoms with Crippen molar-refractivity contribution in [3.8, 4) is 5.75 Å². The zero-order valence-corrected chi connectivity index (χ0v) is 15.0. The lowest BCUT2D eigenvalue weighted by atomic mass is 10.1. The van der Waals surface area contributed by atoms with E-state index in [0.717, 1.165) is 29.8 Å². The Labute approximate surface area is 143 Å². The summed E-state index contributed by atoms with van der Waals surface area (Å²) in [5.74, 6) is 1.55. The van der Waals surface area contributed by atoms with E-state index in [-0.39, 0.29) is 12.1 Å². The van der Waals surface area contributed by atoms with Crippen LogP contribution < -0.4 is 10.1 Å². The van der Waals surface area contributed by atoms with Crippen LogP contribution in [0, 0.1) is 0 Å². The van der Waals surface area contributed by atoms with Gasteiger partial charge >= 0.3 is 6.03 Å². The molecular weight excluding hydrogens is 304 g/mol. The van der Waals surface area contributed by atoms with Crippen molar-refractivity contribution in [3.63, 3.8) is 0 Å². The molecule has 2 rings (SSSR count). The van der Waals surface area contributed by atoms with Gasteiger partial charge in [-0.25, -0.2) is 4.79 Å². The molecule has 1 N–H and O–H groups in total. The third-order valence-electron chi connectivity index (χ3n) is 4.22. The van der Waals surface area contributed by atoms with Gasteiger partial charge in [0.1, 0.15) is 11.6 Å². The van der Waals surface area contributed by atoms with Crippen molar-refractivity contribution in [3.05, 3.63) is 41.6 Å². The third kappa shape index (κ3) is 4.07. The van der Waals surface area contributed by atoms with Crippen molar-refractivity contribution in [1.29, 1.82) is 0 Å². The molecule has 6 heteroatoms. The molecule has 24 heavy (non-hydrogen) atoms. The molecule has 0 fully saturated rings. The number of para-hydroxylation sites is 1. The Balaban J connectivity index is 2.02. The van der Waals surface area contributed by atoms with E-state index in [0.29, 0.717) is 5.82 Å². The predicted molar refractivity (Wildman–Crippen MR) is 95.5 cm³/mol. The number of hydrogen-bond acceptors (Lipinski definition) is 3. The summed E-state index contributed by atoms with van der Waals surface area (Å²) in [5.41, 5.74) is 2.04. The first kappa shape index (κ1) is 17.8. The van der Waals surface area contributed by atoms with E-state index < -0.39 is 0 Å². The molecular formula is C18H26N4O2. The number of anilines is 1. The first-order valence-electron chi connectivity index (χ1n) is 8.14. The van der Waals surface area contributed by atoms with Crippen molar-refractivity contribution in [2.75, 3.05) is 19.5 Å². The maximum atomic E-state index is 12.5. The van der Waals surface area contributed by atoms with E-state index in [2.05, 4.69) is 10.4 Å². The van der Waals surface area contributed by atoms with E-state index in [1.165, 1.54) is 0 Å². The van der Waals surface area contributed by atoms with Gasteiger partial charge in [0.15, 0.2) is 0 Å². The molecule has 2 aromatic rings. The highest BCUT2D eigenvalue weighted by Gasteiger charge is 2.19. The smallest absolute Gasteiger partial charge is 0.322 e. The summed E-state index contributed by atoms with van der Waals surface area (Å²) in [4.78, 5) is 14.2. The minimum Gasteiger partial charge on any atom is -0.496 e. The predicted octanol–water partition coefficient (Wildman–Crippen LogP) is 3.09. The van der Waals surface area contributed by atoms with Gasteiger partial charge in [-0.05, 0) is 31.4 Å². The normalized spacial score (nSPS) is 11.9. The van der Waals surface area contributed by atoms with Crippen LogP contribution in [0.3, 0.4) is 0 Å². The summed E-state index contributed by atoms with van der Waals surface area (Å²) in [6, 6.07) is 9.66. The number of nitrogens with one attached hydrogen (secondary N) is 1. The molecule has 1 heterocycles. The molecule has 0 spiro atoms.